The Morgan fingerprint density at radius 3 is 2.00 bits per heavy atom. The van der Waals surface area contributed by atoms with E-state index in [9.17, 15) is 24.3 Å². The van der Waals surface area contributed by atoms with E-state index in [0.29, 0.717) is 25.2 Å². The summed E-state index contributed by atoms with van der Waals surface area (Å²) in [5.41, 5.74) is 2.00. The molecule has 1 aliphatic rings. The smallest absolute Gasteiger partial charge is 0.408 e. The van der Waals surface area contributed by atoms with Gasteiger partial charge in [0.25, 0.3) is 0 Å². The average molecular weight is 726 g/mol. The fourth-order valence-electron chi connectivity index (χ4n) is 6.22. The van der Waals surface area contributed by atoms with Crippen LogP contribution in [0.1, 0.15) is 61.6 Å². The highest BCUT2D eigenvalue weighted by molar-refractivity contribution is 5.86. The van der Waals surface area contributed by atoms with Gasteiger partial charge in [-0.05, 0) is 60.9 Å². The highest BCUT2D eigenvalue weighted by Gasteiger charge is 2.35. The summed E-state index contributed by atoms with van der Waals surface area (Å²) in [5.74, 6) is -1.53. The number of hydrogen-bond donors (Lipinski definition) is 4. The molecule has 1 saturated carbocycles. The zero-order valence-corrected chi connectivity index (χ0v) is 30.2. The summed E-state index contributed by atoms with van der Waals surface area (Å²) in [4.78, 5) is 52.6. The molecule has 0 heterocycles. The molecule has 0 aromatic heterocycles. The van der Waals surface area contributed by atoms with Gasteiger partial charge in [-0.1, -0.05) is 97.8 Å². The molecule has 0 aliphatic heterocycles. The van der Waals surface area contributed by atoms with Crippen molar-refractivity contribution in [2.45, 2.75) is 82.2 Å². The topological polar surface area (TPSA) is 152 Å². The Bertz CT molecular complexity index is 1630. The third-order valence-electron chi connectivity index (χ3n) is 9.14. The SMILES string of the molecule is C=CC[C@H](CC(=O)NC1(CO)CCCC1)C(=O)N[C@H](COC(=O)[C@@H](CC=C)NC(=O)OCc1ccccc1)Cc1ccc(OCc2ccccc2)cc1. The van der Waals surface area contributed by atoms with Crippen LogP contribution in [-0.2, 0) is 43.5 Å². The van der Waals surface area contributed by atoms with Crippen LogP contribution in [0.25, 0.3) is 0 Å². The van der Waals surface area contributed by atoms with Gasteiger partial charge >= 0.3 is 12.1 Å². The van der Waals surface area contributed by atoms with Gasteiger partial charge in [-0.15, -0.1) is 13.2 Å². The molecule has 0 saturated heterocycles. The summed E-state index contributed by atoms with van der Waals surface area (Å²) < 4.78 is 16.9. The standard InChI is InChI=1S/C42H51N3O8/c1-3-13-34(26-38(47)45-42(30-46)23-11-12-24-42)39(48)43-35(25-31-19-21-36(22-20-31)51-27-32-15-7-5-8-16-32)29-52-40(49)37(14-4-2)44-41(50)53-28-33-17-9-6-10-18-33/h3-10,15-22,34-35,37,46H,1-2,11-14,23-30H2,(H,43,48)(H,44,50)(H,45,47)/t34-,35+,37-/m1/s1. The van der Waals surface area contributed by atoms with E-state index >= 15 is 0 Å². The molecule has 3 atom stereocenters. The van der Waals surface area contributed by atoms with E-state index in [0.717, 1.165) is 29.5 Å². The van der Waals surface area contributed by atoms with E-state index in [1.165, 1.54) is 6.08 Å². The highest BCUT2D eigenvalue weighted by atomic mass is 16.6. The Labute approximate surface area is 311 Å². The Morgan fingerprint density at radius 2 is 1.40 bits per heavy atom. The summed E-state index contributed by atoms with van der Waals surface area (Å²) in [7, 11) is 0. The molecule has 4 N–H and O–H groups in total. The zero-order valence-electron chi connectivity index (χ0n) is 30.2. The lowest BCUT2D eigenvalue weighted by atomic mass is 9.95. The number of carbonyl (C=O) groups excluding carboxylic acids is 4. The lowest BCUT2D eigenvalue weighted by molar-refractivity contribution is -0.147. The third kappa shape index (κ3) is 13.6. The van der Waals surface area contributed by atoms with Crippen molar-refractivity contribution in [1.29, 1.82) is 0 Å². The maximum absolute atomic E-state index is 13.7. The van der Waals surface area contributed by atoms with Gasteiger partial charge in [0, 0.05) is 6.42 Å². The number of aliphatic hydroxyl groups excluding tert-OH is 1. The van der Waals surface area contributed by atoms with Gasteiger partial charge in [0.2, 0.25) is 11.8 Å². The normalized spacial score (nSPS) is 14.8. The number of aliphatic hydroxyl groups is 1. The van der Waals surface area contributed by atoms with Crippen molar-refractivity contribution in [2.75, 3.05) is 13.2 Å². The molecule has 0 spiro atoms. The van der Waals surface area contributed by atoms with Crippen LogP contribution in [0, 0.1) is 5.92 Å². The molecule has 1 fully saturated rings. The van der Waals surface area contributed by atoms with Crippen molar-refractivity contribution in [3.05, 3.63) is 127 Å². The number of carbonyl (C=O) groups is 4. The monoisotopic (exact) mass is 725 g/mol. The number of rotatable bonds is 21. The van der Waals surface area contributed by atoms with Crippen LogP contribution in [0.4, 0.5) is 4.79 Å². The fourth-order valence-corrected chi connectivity index (χ4v) is 6.22. The zero-order chi connectivity index (χ0) is 37.9. The Balaban J connectivity index is 1.42. The van der Waals surface area contributed by atoms with Gasteiger partial charge in [-0.25, -0.2) is 9.59 Å². The molecule has 0 radical (unpaired) electrons. The highest BCUT2D eigenvalue weighted by Crippen LogP contribution is 2.29. The first-order chi connectivity index (χ1) is 25.7. The van der Waals surface area contributed by atoms with Crippen molar-refractivity contribution in [2.24, 2.45) is 5.92 Å². The number of benzene rings is 3. The molecular weight excluding hydrogens is 674 g/mol. The predicted molar refractivity (Wildman–Crippen MR) is 202 cm³/mol. The molecule has 1 aliphatic carbocycles. The average Bonchev–Trinajstić information content (AvgIpc) is 3.64. The van der Waals surface area contributed by atoms with E-state index < -0.39 is 41.5 Å². The summed E-state index contributed by atoms with van der Waals surface area (Å²) in [6, 6.07) is 24.6. The van der Waals surface area contributed by atoms with Gasteiger partial charge in [-0.2, -0.15) is 0 Å². The van der Waals surface area contributed by atoms with E-state index in [2.05, 4.69) is 29.1 Å². The quantitative estimate of drug-likeness (QED) is 0.0806. The van der Waals surface area contributed by atoms with Crippen molar-refractivity contribution < 1.29 is 38.5 Å². The van der Waals surface area contributed by atoms with Gasteiger partial charge in [-0.3, -0.25) is 9.59 Å². The van der Waals surface area contributed by atoms with Gasteiger partial charge in [0.1, 0.15) is 31.6 Å². The molecule has 282 valence electrons. The number of ether oxygens (including phenoxy) is 3. The van der Waals surface area contributed by atoms with Crippen LogP contribution >= 0.6 is 0 Å². The van der Waals surface area contributed by atoms with Crippen LogP contribution in [0.15, 0.2) is 110 Å². The van der Waals surface area contributed by atoms with Crippen LogP contribution < -0.4 is 20.7 Å². The molecule has 0 bridgehead atoms. The minimum Gasteiger partial charge on any atom is -0.489 e. The lowest BCUT2D eigenvalue weighted by Crippen LogP contribution is -2.50. The summed E-state index contributed by atoms with van der Waals surface area (Å²) in [6.07, 6.45) is 5.99. The largest absolute Gasteiger partial charge is 0.489 e. The Morgan fingerprint density at radius 1 is 0.774 bits per heavy atom. The number of nitrogens with one attached hydrogen (secondary N) is 3. The molecule has 11 heteroatoms. The minimum atomic E-state index is -1.07. The second kappa shape index (κ2) is 21.2. The first kappa shape index (κ1) is 40.4. The molecule has 11 nitrogen and oxygen atoms in total. The first-order valence-corrected chi connectivity index (χ1v) is 18.1. The van der Waals surface area contributed by atoms with Gasteiger partial charge in [0.15, 0.2) is 0 Å². The fraction of sp³-hybridized carbons (Fsp3) is 0.381. The second-order valence-corrected chi connectivity index (χ2v) is 13.4. The molecular formula is C42H51N3O8. The van der Waals surface area contributed by atoms with Crippen molar-refractivity contribution in [3.8, 4) is 5.75 Å². The van der Waals surface area contributed by atoms with Crippen LogP contribution in [0.5, 0.6) is 5.75 Å². The molecule has 3 amide bonds. The Kier molecular flexibility index (Phi) is 16.1. The van der Waals surface area contributed by atoms with Crippen LogP contribution in [-0.4, -0.2) is 59.8 Å². The van der Waals surface area contributed by atoms with E-state index in [-0.39, 0.29) is 51.4 Å². The van der Waals surface area contributed by atoms with E-state index in [1.54, 1.807) is 6.08 Å². The molecule has 3 aromatic rings. The maximum Gasteiger partial charge on any atom is 0.408 e. The third-order valence-corrected chi connectivity index (χ3v) is 9.14. The van der Waals surface area contributed by atoms with Crippen LogP contribution in [0.3, 0.4) is 0 Å². The van der Waals surface area contributed by atoms with E-state index in [4.69, 9.17) is 14.2 Å². The molecule has 0 unspecified atom stereocenters. The van der Waals surface area contributed by atoms with Gasteiger partial charge in [0.05, 0.1) is 24.1 Å². The van der Waals surface area contributed by atoms with Crippen LogP contribution in [0.2, 0.25) is 0 Å². The first-order valence-electron chi connectivity index (χ1n) is 18.1. The van der Waals surface area contributed by atoms with Crippen molar-refractivity contribution in [3.63, 3.8) is 0 Å². The number of alkyl carbamates (subject to hydrolysis) is 1. The molecule has 53 heavy (non-hydrogen) atoms. The summed E-state index contributed by atoms with van der Waals surface area (Å²) in [5, 5.41) is 18.5. The summed E-state index contributed by atoms with van der Waals surface area (Å²) in [6.45, 7) is 7.53. The van der Waals surface area contributed by atoms with Gasteiger partial charge < -0.3 is 35.3 Å². The number of allylic oxidation sites excluding steroid dienone is 1. The molecule has 3 aromatic carbocycles. The minimum absolute atomic E-state index is 0.0254. The summed E-state index contributed by atoms with van der Waals surface area (Å²) >= 11 is 0. The number of esters is 1. The second-order valence-electron chi connectivity index (χ2n) is 13.4. The van der Waals surface area contributed by atoms with Crippen molar-refractivity contribution in [1.82, 2.24) is 16.0 Å². The maximum atomic E-state index is 13.7. The Hall–Kier alpha value is -5.42. The molecule has 4 rings (SSSR count). The number of amides is 3. The lowest BCUT2D eigenvalue weighted by Gasteiger charge is -2.29. The van der Waals surface area contributed by atoms with E-state index in [1.807, 2.05) is 84.9 Å². The van der Waals surface area contributed by atoms with Crippen molar-refractivity contribution >= 4 is 23.9 Å². The number of hydrogen-bond acceptors (Lipinski definition) is 8. The predicted octanol–water partition coefficient (Wildman–Crippen LogP) is 5.71.